The molecule has 0 aliphatic heterocycles. The molecule has 0 aliphatic rings. The summed E-state index contributed by atoms with van der Waals surface area (Å²) in [7, 11) is 3.22. The fraction of sp³-hybridized carbons (Fsp3) is 0.261. The summed E-state index contributed by atoms with van der Waals surface area (Å²) >= 11 is 0. The second-order valence-corrected chi connectivity index (χ2v) is 6.62. The van der Waals surface area contributed by atoms with E-state index in [1.165, 1.54) is 0 Å². The molecular formula is C23H25NO4. The molecule has 1 atom stereocenters. The maximum absolute atomic E-state index is 12.5. The lowest BCUT2D eigenvalue weighted by Gasteiger charge is -2.15. The molecule has 5 heteroatoms. The molecule has 0 aliphatic carbocycles. The van der Waals surface area contributed by atoms with E-state index in [0.717, 1.165) is 22.1 Å². The van der Waals surface area contributed by atoms with Gasteiger partial charge in [-0.2, -0.15) is 0 Å². The van der Waals surface area contributed by atoms with Gasteiger partial charge in [-0.05, 0) is 36.6 Å². The predicted molar refractivity (Wildman–Crippen MR) is 110 cm³/mol. The maximum Gasteiger partial charge on any atom is 0.251 e. The minimum absolute atomic E-state index is 0.0741. The summed E-state index contributed by atoms with van der Waals surface area (Å²) in [4.78, 5) is 12.5. The highest BCUT2D eigenvalue weighted by atomic mass is 16.5. The molecule has 5 nitrogen and oxygen atoms in total. The highest BCUT2D eigenvalue weighted by molar-refractivity contribution is 5.94. The molecule has 28 heavy (non-hydrogen) atoms. The Labute approximate surface area is 165 Å². The Morgan fingerprint density at radius 2 is 1.79 bits per heavy atom. The van der Waals surface area contributed by atoms with Gasteiger partial charge in [0, 0.05) is 29.7 Å². The number of fused-ring (bicyclic) bond motifs is 1. The fourth-order valence-electron chi connectivity index (χ4n) is 3.11. The van der Waals surface area contributed by atoms with Crippen LogP contribution in [0.2, 0.25) is 0 Å². The molecular weight excluding hydrogens is 354 g/mol. The van der Waals surface area contributed by atoms with Gasteiger partial charge in [-0.15, -0.1) is 0 Å². The van der Waals surface area contributed by atoms with Gasteiger partial charge in [-0.1, -0.05) is 36.4 Å². The number of hydrogen-bond acceptors (Lipinski definition) is 4. The average molecular weight is 379 g/mol. The first kappa shape index (κ1) is 19.7. The van der Waals surface area contributed by atoms with Crippen molar-refractivity contribution in [1.82, 2.24) is 5.32 Å². The van der Waals surface area contributed by atoms with Gasteiger partial charge in [0.15, 0.2) is 0 Å². The number of nitrogens with one attached hydrogen (secondary N) is 1. The summed E-state index contributed by atoms with van der Waals surface area (Å²) in [5.41, 5.74) is 1.36. The van der Waals surface area contributed by atoms with Gasteiger partial charge < -0.3 is 19.5 Å². The van der Waals surface area contributed by atoms with E-state index in [1.54, 1.807) is 32.4 Å². The van der Waals surface area contributed by atoms with Gasteiger partial charge in [-0.3, -0.25) is 4.79 Å². The Balaban J connectivity index is 1.79. The van der Waals surface area contributed by atoms with Crippen LogP contribution in [0.3, 0.4) is 0 Å². The molecule has 3 aromatic carbocycles. The molecule has 1 amide bonds. The van der Waals surface area contributed by atoms with Crippen LogP contribution in [0.15, 0.2) is 60.7 Å². The van der Waals surface area contributed by atoms with Crippen LogP contribution in [0.4, 0.5) is 0 Å². The lowest BCUT2D eigenvalue weighted by atomic mass is 10.1. The number of rotatable bonds is 8. The zero-order valence-corrected chi connectivity index (χ0v) is 16.4. The Morgan fingerprint density at radius 3 is 2.57 bits per heavy atom. The SMILES string of the molecule is COCC(C)NC(=O)c1ccc(OC)c(COc2cccc3ccccc23)c1. The average Bonchev–Trinajstić information content (AvgIpc) is 2.72. The summed E-state index contributed by atoms with van der Waals surface area (Å²) < 4.78 is 16.6. The number of hydrogen-bond donors (Lipinski definition) is 1. The lowest BCUT2D eigenvalue weighted by Crippen LogP contribution is -2.35. The van der Waals surface area contributed by atoms with E-state index in [2.05, 4.69) is 17.4 Å². The highest BCUT2D eigenvalue weighted by Crippen LogP contribution is 2.28. The number of carbonyl (C=O) groups excluding carboxylic acids is 1. The first-order valence-corrected chi connectivity index (χ1v) is 9.19. The van der Waals surface area contributed by atoms with Gasteiger partial charge in [0.25, 0.3) is 5.91 Å². The third-order valence-electron chi connectivity index (χ3n) is 4.47. The van der Waals surface area contributed by atoms with Gasteiger partial charge in [0.05, 0.1) is 13.7 Å². The van der Waals surface area contributed by atoms with Crippen molar-refractivity contribution in [2.45, 2.75) is 19.6 Å². The maximum atomic E-state index is 12.5. The molecule has 146 valence electrons. The van der Waals surface area contributed by atoms with E-state index in [-0.39, 0.29) is 11.9 Å². The highest BCUT2D eigenvalue weighted by Gasteiger charge is 2.13. The predicted octanol–water partition coefficient (Wildman–Crippen LogP) is 4.19. The van der Waals surface area contributed by atoms with Crippen LogP contribution in [0.25, 0.3) is 10.8 Å². The van der Waals surface area contributed by atoms with Crippen molar-refractivity contribution < 1.29 is 19.0 Å². The topological polar surface area (TPSA) is 56.8 Å². The molecule has 1 unspecified atom stereocenters. The Bertz CT molecular complexity index is 949. The van der Waals surface area contributed by atoms with Crippen LogP contribution >= 0.6 is 0 Å². The largest absolute Gasteiger partial charge is 0.496 e. The van der Waals surface area contributed by atoms with Crippen LogP contribution in [-0.2, 0) is 11.3 Å². The van der Waals surface area contributed by atoms with E-state index in [4.69, 9.17) is 14.2 Å². The zero-order chi connectivity index (χ0) is 19.9. The van der Waals surface area contributed by atoms with Gasteiger partial charge in [-0.25, -0.2) is 0 Å². The van der Waals surface area contributed by atoms with E-state index in [1.807, 2.05) is 37.3 Å². The Morgan fingerprint density at radius 1 is 1.00 bits per heavy atom. The van der Waals surface area contributed by atoms with Crippen molar-refractivity contribution in [1.29, 1.82) is 0 Å². The van der Waals surface area contributed by atoms with Crippen molar-refractivity contribution in [3.8, 4) is 11.5 Å². The van der Waals surface area contributed by atoms with Gasteiger partial charge in [0.2, 0.25) is 0 Å². The molecule has 0 aromatic heterocycles. The monoisotopic (exact) mass is 379 g/mol. The molecule has 0 spiro atoms. The van der Waals surface area contributed by atoms with Crippen LogP contribution < -0.4 is 14.8 Å². The molecule has 3 rings (SSSR count). The van der Waals surface area contributed by atoms with Crippen molar-refractivity contribution in [2.75, 3.05) is 20.8 Å². The number of carbonyl (C=O) groups is 1. The van der Waals surface area contributed by atoms with Crippen molar-refractivity contribution in [3.05, 3.63) is 71.8 Å². The standard InChI is InChI=1S/C23H25NO4/c1-16(14-26-2)24-23(25)18-11-12-21(27-3)19(13-18)15-28-22-10-6-8-17-7-4-5-9-20(17)22/h4-13,16H,14-15H2,1-3H3,(H,24,25). The van der Waals surface area contributed by atoms with Gasteiger partial charge >= 0.3 is 0 Å². The third-order valence-corrected chi connectivity index (χ3v) is 4.47. The number of ether oxygens (including phenoxy) is 3. The van der Waals surface area contributed by atoms with Crippen molar-refractivity contribution in [2.24, 2.45) is 0 Å². The Kier molecular flexibility index (Phi) is 6.50. The number of amides is 1. The van der Waals surface area contributed by atoms with E-state index in [0.29, 0.717) is 24.5 Å². The number of benzene rings is 3. The van der Waals surface area contributed by atoms with Crippen molar-refractivity contribution in [3.63, 3.8) is 0 Å². The van der Waals surface area contributed by atoms with E-state index >= 15 is 0 Å². The number of methoxy groups -OCH3 is 2. The van der Waals surface area contributed by atoms with E-state index < -0.39 is 0 Å². The third kappa shape index (κ3) is 4.61. The molecule has 0 radical (unpaired) electrons. The second kappa shape index (κ2) is 9.24. The fourth-order valence-corrected chi connectivity index (χ4v) is 3.11. The zero-order valence-electron chi connectivity index (χ0n) is 16.4. The van der Waals surface area contributed by atoms with Crippen LogP contribution in [0.1, 0.15) is 22.8 Å². The molecule has 0 saturated heterocycles. The van der Waals surface area contributed by atoms with Gasteiger partial charge in [0.1, 0.15) is 18.1 Å². The molecule has 0 heterocycles. The van der Waals surface area contributed by atoms with E-state index in [9.17, 15) is 4.79 Å². The summed E-state index contributed by atoms with van der Waals surface area (Å²) in [6.45, 7) is 2.65. The molecule has 3 aromatic rings. The van der Waals surface area contributed by atoms with Crippen LogP contribution in [-0.4, -0.2) is 32.8 Å². The molecule has 1 N–H and O–H groups in total. The lowest BCUT2D eigenvalue weighted by molar-refractivity contribution is 0.0905. The Hall–Kier alpha value is -3.05. The minimum atomic E-state index is -0.154. The van der Waals surface area contributed by atoms with Crippen LogP contribution in [0.5, 0.6) is 11.5 Å². The second-order valence-electron chi connectivity index (χ2n) is 6.62. The summed E-state index contributed by atoms with van der Waals surface area (Å²) in [6.07, 6.45) is 0. The molecule has 0 saturated carbocycles. The molecule has 0 fully saturated rings. The first-order chi connectivity index (χ1) is 13.6. The smallest absolute Gasteiger partial charge is 0.251 e. The van der Waals surface area contributed by atoms with Crippen molar-refractivity contribution >= 4 is 16.7 Å². The molecule has 0 bridgehead atoms. The normalized spacial score (nSPS) is 11.8. The summed E-state index contributed by atoms with van der Waals surface area (Å²) in [5.74, 6) is 1.32. The van der Waals surface area contributed by atoms with Crippen LogP contribution in [0, 0.1) is 0 Å². The quantitative estimate of drug-likeness (QED) is 0.638. The minimum Gasteiger partial charge on any atom is -0.496 e. The first-order valence-electron chi connectivity index (χ1n) is 9.19. The summed E-state index contributed by atoms with van der Waals surface area (Å²) in [5, 5.41) is 5.08. The summed E-state index contributed by atoms with van der Waals surface area (Å²) in [6, 6.07) is 19.3.